The molecule has 5 nitrogen and oxygen atoms in total. The molecular weight excluding hydrogens is 338 g/mol. The van der Waals surface area contributed by atoms with Crippen LogP contribution in [0.3, 0.4) is 0 Å². The quantitative estimate of drug-likeness (QED) is 0.500. The van der Waals surface area contributed by atoms with Gasteiger partial charge in [0.15, 0.2) is 0 Å². The molecule has 0 aromatic carbocycles. The van der Waals surface area contributed by atoms with Gasteiger partial charge in [0, 0.05) is 27.2 Å². The SMILES string of the molecule is CC1(C)CC(OCCOCCOCCO)CC(C)(C)N1Br. The summed E-state index contributed by atoms with van der Waals surface area (Å²) in [6.45, 7) is 11.6. The predicted molar refractivity (Wildman–Crippen MR) is 86.6 cm³/mol. The largest absolute Gasteiger partial charge is 0.394 e. The molecule has 0 bridgehead atoms. The molecule has 1 heterocycles. The molecule has 0 aromatic heterocycles. The molecule has 0 radical (unpaired) electrons. The average molecular weight is 368 g/mol. The second-order valence-corrected chi connectivity index (χ2v) is 7.46. The monoisotopic (exact) mass is 367 g/mol. The fourth-order valence-corrected chi connectivity index (χ4v) is 3.23. The molecule has 21 heavy (non-hydrogen) atoms. The highest BCUT2D eigenvalue weighted by Gasteiger charge is 2.44. The van der Waals surface area contributed by atoms with Crippen LogP contribution >= 0.6 is 16.1 Å². The second-order valence-electron chi connectivity index (χ2n) is 6.76. The van der Waals surface area contributed by atoms with Crippen LogP contribution in [0.5, 0.6) is 0 Å². The summed E-state index contributed by atoms with van der Waals surface area (Å²) in [6, 6.07) is 0. The fraction of sp³-hybridized carbons (Fsp3) is 1.00. The van der Waals surface area contributed by atoms with E-state index < -0.39 is 0 Å². The van der Waals surface area contributed by atoms with Crippen LogP contribution in [0.4, 0.5) is 0 Å². The van der Waals surface area contributed by atoms with E-state index in [0.717, 1.165) is 12.8 Å². The van der Waals surface area contributed by atoms with E-state index in [1.807, 2.05) is 0 Å². The van der Waals surface area contributed by atoms with Crippen molar-refractivity contribution < 1.29 is 19.3 Å². The lowest BCUT2D eigenvalue weighted by Crippen LogP contribution is -2.57. The smallest absolute Gasteiger partial charge is 0.0704 e. The summed E-state index contributed by atoms with van der Waals surface area (Å²) in [4.78, 5) is 0. The van der Waals surface area contributed by atoms with Gasteiger partial charge in [0.05, 0.1) is 45.7 Å². The van der Waals surface area contributed by atoms with Gasteiger partial charge in [-0.3, -0.25) is 0 Å². The molecule has 6 heteroatoms. The zero-order valence-electron chi connectivity index (χ0n) is 13.7. The van der Waals surface area contributed by atoms with E-state index in [2.05, 4.69) is 47.8 Å². The van der Waals surface area contributed by atoms with E-state index in [1.54, 1.807) is 0 Å². The maximum atomic E-state index is 8.56. The lowest BCUT2D eigenvalue weighted by Gasteiger charge is -2.51. The second kappa shape index (κ2) is 8.79. The molecule has 126 valence electrons. The number of aliphatic hydroxyl groups excluding tert-OH is 1. The Morgan fingerprint density at radius 3 is 1.95 bits per heavy atom. The highest BCUT2D eigenvalue weighted by atomic mass is 79.9. The Morgan fingerprint density at radius 2 is 1.43 bits per heavy atom. The van der Waals surface area contributed by atoms with Crippen molar-refractivity contribution in [1.82, 2.24) is 3.93 Å². The minimum absolute atomic E-state index is 0.0565. The standard InChI is InChI=1S/C15H30BrNO4/c1-14(2)11-13(12-15(3,4)17(14)16)21-10-9-20-8-7-19-6-5-18/h13,18H,5-12H2,1-4H3. The predicted octanol–water partition coefficient (Wildman–Crippen LogP) is 2.36. The molecule has 1 aliphatic heterocycles. The zero-order valence-corrected chi connectivity index (χ0v) is 15.3. The summed E-state index contributed by atoms with van der Waals surface area (Å²) < 4.78 is 18.8. The molecule has 1 aliphatic rings. The van der Waals surface area contributed by atoms with E-state index in [0.29, 0.717) is 33.0 Å². The highest BCUT2D eigenvalue weighted by molar-refractivity contribution is 9.07. The normalized spacial score (nSPS) is 22.6. The summed E-state index contributed by atoms with van der Waals surface area (Å²) in [5.74, 6) is 0. The van der Waals surface area contributed by atoms with Gasteiger partial charge in [-0.1, -0.05) is 0 Å². The summed E-state index contributed by atoms with van der Waals surface area (Å²) >= 11 is 3.70. The molecule has 0 unspecified atom stereocenters. The average Bonchev–Trinajstić information content (AvgIpc) is 2.38. The van der Waals surface area contributed by atoms with Crippen LogP contribution in [-0.2, 0) is 14.2 Å². The lowest BCUT2D eigenvalue weighted by atomic mass is 9.81. The number of rotatable bonds is 9. The first-order valence-corrected chi connectivity index (χ1v) is 8.34. The Hall–Kier alpha value is 0.280. The number of hydrogen-bond donors (Lipinski definition) is 1. The number of piperidine rings is 1. The first-order valence-electron chi connectivity index (χ1n) is 7.64. The first-order chi connectivity index (χ1) is 9.79. The first kappa shape index (κ1) is 19.3. The van der Waals surface area contributed by atoms with Crippen LogP contribution in [0, 0.1) is 0 Å². The third-order valence-corrected chi connectivity index (χ3v) is 5.63. The van der Waals surface area contributed by atoms with Crippen LogP contribution in [0.2, 0.25) is 0 Å². The lowest BCUT2D eigenvalue weighted by molar-refractivity contribution is -0.0730. The molecular formula is C15H30BrNO4. The molecule has 1 N–H and O–H groups in total. The third kappa shape index (κ3) is 6.50. The van der Waals surface area contributed by atoms with Gasteiger partial charge in [0.2, 0.25) is 0 Å². The van der Waals surface area contributed by atoms with E-state index in [-0.39, 0.29) is 23.8 Å². The minimum atomic E-state index is 0.0565. The number of nitrogens with zero attached hydrogens (tertiary/aromatic N) is 1. The van der Waals surface area contributed by atoms with Crippen molar-refractivity contribution >= 4 is 16.1 Å². The van der Waals surface area contributed by atoms with Gasteiger partial charge in [-0.05, 0) is 40.5 Å². The molecule has 1 saturated heterocycles. The Balaban J connectivity index is 2.18. The minimum Gasteiger partial charge on any atom is -0.394 e. The van der Waals surface area contributed by atoms with E-state index in [1.165, 1.54) is 0 Å². The van der Waals surface area contributed by atoms with Crippen LogP contribution < -0.4 is 0 Å². The van der Waals surface area contributed by atoms with Crippen molar-refractivity contribution in [2.45, 2.75) is 57.7 Å². The highest BCUT2D eigenvalue weighted by Crippen LogP contribution is 2.41. The van der Waals surface area contributed by atoms with E-state index >= 15 is 0 Å². The van der Waals surface area contributed by atoms with Crippen molar-refractivity contribution in [3.63, 3.8) is 0 Å². The zero-order chi connectivity index (χ0) is 15.9. The number of hydrogen-bond acceptors (Lipinski definition) is 5. The summed E-state index contributed by atoms with van der Waals surface area (Å²) in [6.07, 6.45) is 2.26. The van der Waals surface area contributed by atoms with Crippen molar-refractivity contribution in [3.8, 4) is 0 Å². The van der Waals surface area contributed by atoms with Gasteiger partial charge in [-0.15, -0.1) is 0 Å². The molecule has 0 spiro atoms. The molecule has 0 atom stereocenters. The van der Waals surface area contributed by atoms with Gasteiger partial charge in [0.25, 0.3) is 0 Å². The van der Waals surface area contributed by atoms with Gasteiger partial charge in [0.1, 0.15) is 0 Å². The van der Waals surface area contributed by atoms with E-state index in [4.69, 9.17) is 19.3 Å². The van der Waals surface area contributed by atoms with Crippen LogP contribution in [0.15, 0.2) is 0 Å². The Bertz CT molecular complexity index is 281. The van der Waals surface area contributed by atoms with Gasteiger partial charge >= 0.3 is 0 Å². The maximum absolute atomic E-state index is 8.56. The Labute approximate surface area is 137 Å². The van der Waals surface area contributed by atoms with Crippen molar-refractivity contribution in [2.24, 2.45) is 0 Å². The molecule has 0 saturated carbocycles. The Morgan fingerprint density at radius 1 is 0.952 bits per heavy atom. The topological polar surface area (TPSA) is 51.2 Å². The molecule has 0 aliphatic carbocycles. The van der Waals surface area contributed by atoms with Gasteiger partial charge in [-0.25, -0.2) is 3.93 Å². The van der Waals surface area contributed by atoms with Crippen LogP contribution in [0.1, 0.15) is 40.5 Å². The van der Waals surface area contributed by atoms with Gasteiger partial charge < -0.3 is 19.3 Å². The molecule has 0 amide bonds. The van der Waals surface area contributed by atoms with E-state index in [9.17, 15) is 0 Å². The van der Waals surface area contributed by atoms with Crippen LogP contribution in [0.25, 0.3) is 0 Å². The Kier molecular flexibility index (Phi) is 8.09. The summed E-state index contributed by atoms with van der Waals surface area (Å²) in [5.41, 5.74) is 0.150. The fourth-order valence-electron chi connectivity index (χ4n) is 2.94. The van der Waals surface area contributed by atoms with Crippen molar-refractivity contribution in [1.29, 1.82) is 0 Å². The summed E-state index contributed by atoms with van der Waals surface area (Å²) in [5, 5.41) is 8.56. The number of halogens is 1. The van der Waals surface area contributed by atoms with Crippen molar-refractivity contribution in [3.05, 3.63) is 0 Å². The maximum Gasteiger partial charge on any atom is 0.0704 e. The van der Waals surface area contributed by atoms with Crippen LogP contribution in [-0.4, -0.2) is 65.9 Å². The van der Waals surface area contributed by atoms with Gasteiger partial charge in [-0.2, -0.15) is 0 Å². The number of aliphatic hydroxyl groups is 1. The third-order valence-electron chi connectivity index (χ3n) is 3.71. The number of ether oxygens (including phenoxy) is 3. The molecule has 1 fully saturated rings. The summed E-state index contributed by atoms with van der Waals surface area (Å²) in [7, 11) is 0. The molecule has 0 aromatic rings. The molecule has 1 rings (SSSR count). The van der Waals surface area contributed by atoms with Crippen molar-refractivity contribution in [2.75, 3.05) is 39.6 Å².